The Morgan fingerprint density at radius 1 is 0.323 bits per heavy atom. The van der Waals surface area contributed by atoms with E-state index in [1.165, 1.54) is 103 Å². The quantitative estimate of drug-likeness (QED) is 0.0211. The Bertz CT molecular complexity index is 2330. The van der Waals surface area contributed by atoms with Gasteiger partial charge in [-0.2, -0.15) is 0 Å². The predicted molar refractivity (Wildman–Crippen MR) is 417 cm³/mol. The van der Waals surface area contributed by atoms with Crippen molar-refractivity contribution in [3.63, 3.8) is 0 Å². The Hall–Kier alpha value is -5.15. The van der Waals surface area contributed by atoms with E-state index in [0.717, 1.165) is 148 Å². The molecule has 0 bridgehead atoms. The predicted octanol–water partition coefficient (Wildman–Crippen LogP) is 25.6. The van der Waals surface area contributed by atoms with Crippen molar-refractivity contribution < 1.29 is 42.1 Å². The minimum absolute atomic E-state index is 0.0203. The molecule has 0 radical (unpaired) electrons. The Labute approximate surface area is 590 Å². The number of likely N-dealkylation sites (N-methyl/N-ethyl adjacent to an activating group) is 1. The van der Waals surface area contributed by atoms with Gasteiger partial charge in [0.05, 0.1) is 27.7 Å². The maximum atomic E-state index is 12.9. The summed E-state index contributed by atoms with van der Waals surface area (Å²) in [4.78, 5) is 36.0. The van der Waals surface area contributed by atoms with Crippen LogP contribution in [0.5, 0.6) is 0 Å². The van der Waals surface area contributed by atoms with Gasteiger partial charge in [0.25, 0.3) is 0 Å². The van der Waals surface area contributed by atoms with E-state index in [-0.39, 0.29) is 32.0 Å². The molecule has 0 spiro atoms. The Morgan fingerprint density at radius 3 is 0.833 bits per heavy atom. The molecule has 0 aliphatic rings. The van der Waals surface area contributed by atoms with E-state index in [1.54, 1.807) is 0 Å². The number of carbonyl (C=O) groups excluding carboxylic acids is 2. The second-order valence-electron chi connectivity index (χ2n) is 25.9. The highest BCUT2D eigenvalue weighted by Crippen LogP contribution is 2.43. The summed E-state index contributed by atoms with van der Waals surface area (Å²) in [6.07, 6.45) is 115. The molecule has 0 rings (SSSR count). The molecule has 0 aromatic rings. The molecule has 0 aliphatic carbocycles. The minimum atomic E-state index is -4.41. The van der Waals surface area contributed by atoms with E-state index in [0.29, 0.717) is 17.4 Å². The number of hydrogen-bond acceptors (Lipinski definition) is 7. The molecule has 2 unspecified atom stereocenters. The molecule has 0 saturated carbocycles. The highest BCUT2D eigenvalue weighted by atomic mass is 31.2. The van der Waals surface area contributed by atoms with Crippen LogP contribution in [0.4, 0.5) is 0 Å². The first-order chi connectivity index (χ1) is 47.0. The maximum Gasteiger partial charge on any atom is 0.472 e. The molecular weight excluding hydrogens is 1210 g/mol. The molecule has 96 heavy (non-hydrogen) atoms. The highest BCUT2D eigenvalue weighted by Gasteiger charge is 2.27. The molecule has 2 atom stereocenters. The van der Waals surface area contributed by atoms with Crippen LogP contribution in [0, 0.1) is 0 Å². The van der Waals surface area contributed by atoms with Gasteiger partial charge in [-0.25, -0.2) is 4.57 Å². The Morgan fingerprint density at radius 2 is 0.562 bits per heavy atom. The molecular formula is C86H141NO8P+. The lowest BCUT2D eigenvalue weighted by molar-refractivity contribution is -0.870. The van der Waals surface area contributed by atoms with Crippen LogP contribution >= 0.6 is 7.82 Å². The summed E-state index contributed by atoms with van der Waals surface area (Å²) in [6, 6.07) is 0. The summed E-state index contributed by atoms with van der Waals surface area (Å²) in [6.45, 7) is 4.19. The topological polar surface area (TPSA) is 108 Å². The first-order valence-electron chi connectivity index (χ1n) is 38.2. The first kappa shape index (κ1) is 90.8. The fourth-order valence-corrected chi connectivity index (χ4v) is 10.6. The van der Waals surface area contributed by atoms with Gasteiger partial charge in [0.2, 0.25) is 0 Å². The molecule has 0 fully saturated rings. The van der Waals surface area contributed by atoms with Crippen molar-refractivity contribution in [1.29, 1.82) is 0 Å². The lowest BCUT2D eigenvalue weighted by atomic mass is 10.0. The van der Waals surface area contributed by atoms with Crippen LogP contribution in [0.25, 0.3) is 0 Å². The monoisotopic (exact) mass is 1350 g/mol. The number of ether oxygens (including phenoxy) is 2. The third-order valence-corrected chi connectivity index (χ3v) is 16.6. The molecule has 0 aromatic carbocycles. The first-order valence-corrected chi connectivity index (χ1v) is 39.7. The van der Waals surface area contributed by atoms with Gasteiger partial charge in [-0.15, -0.1) is 0 Å². The second kappa shape index (κ2) is 74.1. The lowest BCUT2D eigenvalue weighted by Crippen LogP contribution is -2.37. The molecule has 542 valence electrons. The number of phosphoric acid groups is 1. The fourth-order valence-electron chi connectivity index (χ4n) is 9.87. The lowest BCUT2D eigenvalue weighted by Gasteiger charge is -2.24. The summed E-state index contributed by atoms with van der Waals surface area (Å²) in [7, 11) is 1.45. The third kappa shape index (κ3) is 77.9. The largest absolute Gasteiger partial charge is 0.472 e. The molecule has 0 aromatic heterocycles. The average Bonchev–Trinajstić information content (AvgIpc) is 2.54. The molecule has 0 saturated heterocycles. The van der Waals surface area contributed by atoms with Crippen molar-refractivity contribution in [2.24, 2.45) is 0 Å². The van der Waals surface area contributed by atoms with E-state index in [1.807, 2.05) is 21.1 Å². The number of allylic oxidation sites excluding steroid dienone is 32. The average molecular weight is 1350 g/mol. The van der Waals surface area contributed by atoms with E-state index in [9.17, 15) is 19.0 Å². The second-order valence-corrected chi connectivity index (χ2v) is 27.4. The van der Waals surface area contributed by atoms with E-state index in [2.05, 4.69) is 208 Å². The van der Waals surface area contributed by atoms with E-state index >= 15 is 0 Å². The van der Waals surface area contributed by atoms with Gasteiger partial charge in [-0.3, -0.25) is 18.6 Å². The van der Waals surface area contributed by atoms with Gasteiger partial charge in [0, 0.05) is 12.8 Å². The SMILES string of the molecule is CC/C=C\C/C=C\C/C=C\C/C=C\C/C=C\C/C=C\C/C=C\C/C=C\C/C=C\C/C=C\C/C=C\CCCCCCCCCC(=O)OC(COC(=O)CCCCCCCCCCCCCCCCC/C=C\C/C=C\C/C=C\C/C=C\C/C=C\CC)COP(=O)(O)OCC[N+](C)(C)C. The molecule has 0 heterocycles. The van der Waals surface area contributed by atoms with Gasteiger partial charge >= 0.3 is 19.8 Å². The molecule has 9 nitrogen and oxygen atoms in total. The maximum absolute atomic E-state index is 12.9. The zero-order valence-electron chi connectivity index (χ0n) is 61.8. The van der Waals surface area contributed by atoms with Crippen molar-refractivity contribution in [2.45, 2.75) is 290 Å². The summed E-state index contributed by atoms with van der Waals surface area (Å²) in [5.74, 6) is -0.817. The summed E-state index contributed by atoms with van der Waals surface area (Å²) >= 11 is 0. The van der Waals surface area contributed by atoms with Crippen molar-refractivity contribution in [3.05, 3.63) is 194 Å². The number of phosphoric ester groups is 1. The summed E-state index contributed by atoms with van der Waals surface area (Å²) in [5.41, 5.74) is 0. The number of carbonyl (C=O) groups is 2. The normalized spacial score (nSPS) is 14.2. The van der Waals surface area contributed by atoms with Crippen molar-refractivity contribution in [3.8, 4) is 0 Å². The zero-order chi connectivity index (χ0) is 69.7. The van der Waals surface area contributed by atoms with Gasteiger partial charge in [-0.1, -0.05) is 324 Å². The smallest absolute Gasteiger partial charge is 0.462 e. The van der Waals surface area contributed by atoms with Crippen LogP contribution in [0.2, 0.25) is 0 Å². The summed E-state index contributed by atoms with van der Waals surface area (Å²) < 4.78 is 34.8. The van der Waals surface area contributed by atoms with Gasteiger partial charge < -0.3 is 18.9 Å². The molecule has 0 amide bonds. The Balaban J connectivity index is 4.11. The highest BCUT2D eigenvalue weighted by molar-refractivity contribution is 7.47. The van der Waals surface area contributed by atoms with Crippen LogP contribution in [0.1, 0.15) is 284 Å². The number of hydrogen-bond donors (Lipinski definition) is 1. The van der Waals surface area contributed by atoms with Crippen molar-refractivity contribution >= 4 is 19.8 Å². The van der Waals surface area contributed by atoms with E-state index in [4.69, 9.17) is 18.5 Å². The Kier molecular flexibility index (Phi) is 70.1. The van der Waals surface area contributed by atoms with E-state index < -0.39 is 26.5 Å². The van der Waals surface area contributed by atoms with Crippen molar-refractivity contribution in [1.82, 2.24) is 0 Å². The summed E-state index contributed by atoms with van der Waals surface area (Å²) in [5, 5.41) is 0. The van der Waals surface area contributed by atoms with Crippen LogP contribution < -0.4 is 0 Å². The fraction of sp³-hybridized carbons (Fsp3) is 0.605. The minimum Gasteiger partial charge on any atom is -0.462 e. The molecule has 1 N–H and O–H groups in total. The standard InChI is InChI=1S/C86H140NO8P/c1-6-8-10-12-14-16-18-20-22-24-26-28-30-32-34-36-38-39-40-41-42-43-44-45-46-47-49-51-53-55-57-59-61-63-65-67-69-71-73-75-77-79-86(89)95-84(83-94-96(90,91)93-81-80-87(3,4)5)82-92-85(88)78-76-74-72-70-68-66-64-62-60-58-56-54-52-50-48-37-35-33-31-29-27-25-23-21-19-17-15-13-11-9-7-2/h8-11,14-17,20-23,26-29,32-35,38-39,41-42,44-45,47,49,53,55,59,61,84H,6-7,12-13,18-19,24-25,30-31,36-37,40,43,46,48,50-52,54,56-58,60,62-83H2,1-5H3/p+1/b10-8-,11-9-,16-14-,17-15-,22-20-,23-21-,28-26-,29-27-,34-32-,35-33-,39-38-,42-41-,45-44-,49-47-,55-53-,61-59-. The number of esters is 2. The molecule has 10 heteroatoms. The van der Waals surface area contributed by atoms with Crippen LogP contribution in [-0.2, 0) is 32.7 Å². The van der Waals surface area contributed by atoms with Gasteiger partial charge in [0.15, 0.2) is 6.10 Å². The van der Waals surface area contributed by atoms with Gasteiger partial charge in [0.1, 0.15) is 19.8 Å². The van der Waals surface area contributed by atoms with Crippen LogP contribution in [-0.4, -0.2) is 74.9 Å². The van der Waals surface area contributed by atoms with Crippen LogP contribution in [0.15, 0.2) is 194 Å². The number of nitrogens with zero attached hydrogens (tertiary/aromatic N) is 1. The van der Waals surface area contributed by atoms with Crippen molar-refractivity contribution in [2.75, 3.05) is 47.5 Å². The van der Waals surface area contributed by atoms with Gasteiger partial charge in [-0.05, 0) is 141 Å². The number of quaternary nitrogens is 1. The third-order valence-electron chi connectivity index (χ3n) is 15.6. The number of unbranched alkanes of at least 4 members (excludes halogenated alkanes) is 22. The van der Waals surface area contributed by atoms with Crippen LogP contribution in [0.3, 0.4) is 0 Å². The molecule has 0 aliphatic heterocycles. The number of rotatable bonds is 68. The zero-order valence-corrected chi connectivity index (χ0v) is 62.7.